The number of carbonyl (C=O) groups is 1. The van der Waals surface area contributed by atoms with Crippen LogP contribution in [0.15, 0.2) is 53.5 Å². The number of hydrogen-bond acceptors (Lipinski definition) is 3. The van der Waals surface area contributed by atoms with E-state index in [4.69, 9.17) is 4.74 Å². The van der Waals surface area contributed by atoms with Crippen LogP contribution in [0, 0.1) is 0 Å². The molecule has 1 N–H and O–H groups in total. The van der Waals surface area contributed by atoms with E-state index in [-0.39, 0.29) is 17.2 Å². The Balaban J connectivity index is 1.72. The van der Waals surface area contributed by atoms with Gasteiger partial charge in [0, 0.05) is 12.8 Å². The first kappa shape index (κ1) is 20.9. The molecule has 2 unspecified atom stereocenters. The van der Waals surface area contributed by atoms with Crippen LogP contribution in [0.3, 0.4) is 0 Å². The Bertz CT molecular complexity index is 860. The van der Waals surface area contributed by atoms with Crippen molar-refractivity contribution in [3.63, 3.8) is 0 Å². The monoisotopic (exact) mass is 404 g/mol. The lowest BCUT2D eigenvalue weighted by Gasteiger charge is -2.20. The van der Waals surface area contributed by atoms with Crippen LogP contribution in [-0.2, 0) is 17.5 Å². The minimum Gasteiger partial charge on any atom is -0.481 e. The van der Waals surface area contributed by atoms with E-state index < -0.39 is 23.9 Å². The Morgan fingerprint density at radius 2 is 1.93 bits per heavy atom. The zero-order valence-electron chi connectivity index (χ0n) is 16.1. The molecule has 29 heavy (non-hydrogen) atoms. The standard InChI is InChI=1S/C22H23F3N2O2/c1-2-3-9-20(21(28)27-13-15-7-5-4-6-8-15)29-16-10-11-17(19-14-26-19)18(12-16)22(23,24)25/h4-8,10-12,14,19-20H,2-3,9,13H2,1H3,(H,27,28). The Labute approximate surface area is 167 Å². The van der Waals surface area contributed by atoms with Gasteiger partial charge < -0.3 is 10.1 Å². The van der Waals surface area contributed by atoms with Crippen LogP contribution >= 0.6 is 0 Å². The number of halogens is 3. The number of rotatable bonds is 9. The van der Waals surface area contributed by atoms with Crippen molar-refractivity contribution >= 4 is 12.1 Å². The van der Waals surface area contributed by atoms with Gasteiger partial charge in [0.05, 0.1) is 5.56 Å². The van der Waals surface area contributed by atoms with Crippen molar-refractivity contribution in [3.05, 3.63) is 65.2 Å². The third-order valence-corrected chi connectivity index (χ3v) is 4.65. The van der Waals surface area contributed by atoms with Gasteiger partial charge in [0.25, 0.3) is 5.91 Å². The number of unbranched alkanes of at least 4 members (excludes halogenated alkanes) is 1. The number of hydrogen-bond donors (Lipinski definition) is 1. The predicted octanol–water partition coefficient (Wildman–Crippen LogP) is 5.08. The van der Waals surface area contributed by atoms with Crippen molar-refractivity contribution in [1.29, 1.82) is 0 Å². The second kappa shape index (κ2) is 9.11. The molecule has 2 atom stereocenters. The highest BCUT2D eigenvalue weighted by molar-refractivity contribution is 5.81. The Morgan fingerprint density at radius 1 is 1.21 bits per heavy atom. The zero-order chi connectivity index (χ0) is 20.9. The van der Waals surface area contributed by atoms with E-state index in [1.165, 1.54) is 18.3 Å². The quantitative estimate of drug-likeness (QED) is 0.633. The molecule has 0 saturated carbocycles. The summed E-state index contributed by atoms with van der Waals surface area (Å²) in [7, 11) is 0. The maximum atomic E-state index is 13.4. The lowest BCUT2D eigenvalue weighted by Crippen LogP contribution is -2.38. The molecule has 4 nitrogen and oxygen atoms in total. The van der Waals surface area contributed by atoms with Gasteiger partial charge in [-0.25, -0.2) is 0 Å². The minimum atomic E-state index is -4.52. The lowest BCUT2D eigenvalue weighted by molar-refractivity contribution is -0.138. The highest BCUT2D eigenvalue weighted by Crippen LogP contribution is 2.40. The Morgan fingerprint density at radius 3 is 2.55 bits per heavy atom. The molecule has 0 aromatic heterocycles. The van der Waals surface area contributed by atoms with E-state index in [2.05, 4.69) is 10.3 Å². The van der Waals surface area contributed by atoms with E-state index in [0.29, 0.717) is 13.0 Å². The summed E-state index contributed by atoms with van der Waals surface area (Å²) in [5, 5.41) is 2.81. The summed E-state index contributed by atoms with van der Waals surface area (Å²) in [6.45, 7) is 2.31. The highest BCUT2D eigenvalue weighted by Gasteiger charge is 2.37. The Hall–Kier alpha value is -2.83. The fourth-order valence-electron chi connectivity index (χ4n) is 3.01. The normalized spacial score (nSPS) is 16.3. The topological polar surface area (TPSA) is 50.7 Å². The van der Waals surface area contributed by atoms with Gasteiger partial charge in [-0.05, 0) is 36.1 Å². The summed E-state index contributed by atoms with van der Waals surface area (Å²) in [6.07, 6.45) is -1.92. The molecule has 0 spiro atoms. The van der Waals surface area contributed by atoms with Gasteiger partial charge in [0.15, 0.2) is 6.10 Å². The van der Waals surface area contributed by atoms with Gasteiger partial charge >= 0.3 is 6.18 Å². The number of benzene rings is 2. The fraction of sp³-hybridized carbons (Fsp3) is 0.364. The van der Waals surface area contributed by atoms with Crippen LogP contribution in [0.2, 0.25) is 0 Å². The number of alkyl halides is 3. The van der Waals surface area contributed by atoms with Crippen molar-refractivity contribution in [2.75, 3.05) is 0 Å². The molecule has 1 aliphatic rings. The summed E-state index contributed by atoms with van der Waals surface area (Å²) in [6, 6.07) is 12.7. The molecular formula is C22H23F3N2O2. The molecule has 0 bridgehead atoms. The summed E-state index contributed by atoms with van der Waals surface area (Å²) < 4.78 is 46.0. The second-order valence-corrected chi connectivity index (χ2v) is 6.94. The van der Waals surface area contributed by atoms with E-state index in [1.54, 1.807) is 0 Å². The van der Waals surface area contributed by atoms with E-state index in [0.717, 1.165) is 24.5 Å². The van der Waals surface area contributed by atoms with Crippen molar-refractivity contribution in [3.8, 4) is 5.75 Å². The summed E-state index contributed by atoms with van der Waals surface area (Å²) in [5.74, 6) is -0.317. The van der Waals surface area contributed by atoms with Gasteiger partial charge in [-0.3, -0.25) is 9.79 Å². The van der Waals surface area contributed by atoms with Crippen molar-refractivity contribution in [2.45, 2.75) is 51.1 Å². The molecule has 0 fully saturated rings. The maximum Gasteiger partial charge on any atom is 0.416 e. The van der Waals surface area contributed by atoms with Crippen LogP contribution in [0.1, 0.15) is 48.9 Å². The molecule has 2 aromatic rings. The van der Waals surface area contributed by atoms with Gasteiger partial charge in [0.1, 0.15) is 11.8 Å². The minimum absolute atomic E-state index is 0.0256. The van der Waals surface area contributed by atoms with Crippen LogP contribution < -0.4 is 10.1 Å². The predicted molar refractivity (Wildman–Crippen MR) is 105 cm³/mol. The smallest absolute Gasteiger partial charge is 0.416 e. The third-order valence-electron chi connectivity index (χ3n) is 4.65. The number of nitrogens with zero attached hydrogens (tertiary/aromatic N) is 1. The fourth-order valence-corrected chi connectivity index (χ4v) is 3.01. The van der Waals surface area contributed by atoms with E-state index in [9.17, 15) is 18.0 Å². The van der Waals surface area contributed by atoms with Crippen LogP contribution in [0.4, 0.5) is 13.2 Å². The third kappa shape index (κ3) is 5.82. The molecule has 1 amide bonds. The van der Waals surface area contributed by atoms with Gasteiger partial charge in [0.2, 0.25) is 0 Å². The maximum absolute atomic E-state index is 13.4. The SMILES string of the molecule is CCCCC(Oc1ccc(C2C=N2)c(C(F)(F)F)c1)C(=O)NCc1ccccc1. The molecule has 0 radical (unpaired) electrons. The van der Waals surface area contributed by atoms with Crippen molar-refractivity contribution in [1.82, 2.24) is 5.32 Å². The van der Waals surface area contributed by atoms with Gasteiger partial charge in [-0.15, -0.1) is 0 Å². The lowest BCUT2D eigenvalue weighted by atomic mass is 10.0. The molecule has 2 aromatic carbocycles. The number of carbonyl (C=O) groups excluding carboxylic acids is 1. The zero-order valence-corrected chi connectivity index (χ0v) is 16.1. The van der Waals surface area contributed by atoms with Crippen LogP contribution in [-0.4, -0.2) is 18.2 Å². The van der Waals surface area contributed by atoms with E-state index >= 15 is 0 Å². The largest absolute Gasteiger partial charge is 0.481 e. The first-order valence-electron chi connectivity index (χ1n) is 9.61. The first-order chi connectivity index (χ1) is 13.9. The summed E-state index contributed by atoms with van der Waals surface area (Å²) in [4.78, 5) is 16.4. The molecular weight excluding hydrogens is 381 g/mol. The van der Waals surface area contributed by atoms with E-state index in [1.807, 2.05) is 37.3 Å². The average Bonchev–Trinajstić information content (AvgIpc) is 3.54. The Kier molecular flexibility index (Phi) is 6.56. The molecule has 1 heterocycles. The number of aliphatic imine (C=N–C) groups is 1. The summed E-state index contributed by atoms with van der Waals surface area (Å²) in [5.41, 5.74) is 0.253. The second-order valence-electron chi connectivity index (χ2n) is 6.94. The van der Waals surface area contributed by atoms with Crippen LogP contribution in [0.25, 0.3) is 0 Å². The number of amides is 1. The molecule has 0 aliphatic carbocycles. The van der Waals surface area contributed by atoms with Gasteiger partial charge in [-0.1, -0.05) is 49.7 Å². The average molecular weight is 404 g/mol. The molecule has 7 heteroatoms. The van der Waals surface area contributed by atoms with Gasteiger partial charge in [-0.2, -0.15) is 13.2 Å². The summed E-state index contributed by atoms with van der Waals surface area (Å²) >= 11 is 0. The first-order valence-corrected chi connectivity index (χ1v) is 9.61. The molecule has 154 valence electrons. The number of ether oxygens (including phenoxy) is 1. The van der Waals surface area contributed by atoms with Crippen molar-refractivity contribution in [2.24, 2.45) is 4.99 Å². The number of nitrogens with one attached hydrogen (secondary N) is 1. The molecule has 1 aliphatic heterocycles. The molecule has 3 rings (SSSR count). The van der Waals surface area contributed by atoms with Crippen LogP contribution in [0.5, 0.6) is 5.75 Å². The van der Waals surface area contributed by atoms with Crippen molar-refractivity contribution < 1.29 is 22.7 Å². The highest BCUT2D eigenvalue weighted by atomic mass is 19.4. The molecule has 0 saturated heterocycles.